The van der Waals surface area contributed by atoms with Crippen molar-refractivity contribution in [1.82, 2.24) is 0 Å². The number of esters is 1. The molecule has 1 saturated heterocycles. The molecule has 0 aromatic heterocycles. The zero-order chi connectivity index (χ0) is 13.7. The Morgan fingerprint density at radius 2 is 2.32 bits per heavy atom. The Morgan fingerprint density at radius 1 is 1.47 bits per heavy atom. The summed E-state index contributed by atoms with van der Waals surface area (Å²) in [6.45, 7) is 4.03. The highest BCUT2D eigenvalue weighted by Crippen LogP contribution is 2.37. The van der Waals surface area contributed by atoms with Gasteiger partial charge in [-0.1, -0.05) is 31.5 Å². The second-order valence-electron chi connectivity index (χ2n) is 5.17. The third kappa shape index (κ3) is 4.49. The minimum absolute atomic E-state index is 0.0443. The first kappa shape index (κ1) is 14.9. The van der Waals surface area contributed by atoms with Crippen LogP contribution in [0.1, 0.15) is 52.4 Å². The van der Waals surface area contributed by atoms with Crippen LogP contribution in [0.15, 0.2) is 4.99 Å². The molecule has 4 nitrogen and oxygen atoms in total. The summed E-state index contributed by atoms with van der Waals surface area (Å²) in [5.74, 6) is -0.235. The van der Waals surface area contributed by atoms with Gasteiger partial charge in [-0.25, -0.2) is 0 Å². The van der Waals surface area contributed by atoms with Gasteiger partial charge in [0.15, 0.2) is 0 Å². The van der Waals surface area contributed by atoms with Gasteiger partial charge in [-0.3, -0.25) is 9.79 Å². The smallest absolute Gasteiger partial charge is 0.302 e. The standard InChI is InChI=1S/C14H23NO3S/c1-3-4-5-6-13-15-12-8-7-11(9-17-10(2)16)18-14(12)19-13/h11-12,14H,3-9H2,1-2H3. The zero-order valence-electron chi connectivity index (χ0n) is 11.8. The van der Waals surface area contributed by atoms with Gasteiger partial charge in [0, 0.05) is 6.92 Å². The van der Waals surface area contributed by atoms with Crippen LogP contribution in [-0.4, -0.2) is 35.2 Å². The van der Waals surface area contributed by atoms with Crippen molar-refractivity contribution in [3.05, 3.63) is 0 Å². The number of thioether (sulfide) groups is 1. The number of aliphatic imine (C=N–C) groups is 1. The summed E-state index contributed by atoms with van der Waals surface area (Å²) in [6.07, 6.45) is 6.84. The van der Waals surface area contributed by atoms with E-state index in [9.17, 15) is 4.79 Å². The van der Waals surface area contributed by atoms with E-state index in [-0.39, 0.29) is 17.5 Å². The largest absolute Gasteiger partial charge is 0.463 e. The summed E-state index contributed by atoms with van der Waals surface area (Å²) in [5.41, 5.74) is 0.144. The molecule has 3 unspecified atom stereocenters. The van der Waals surface area contributed by atoms with Crippen molar-refractivity contribution >= 4 is 22.8 Å². The Kier molecular flexibility index (Phi) is 5.70. The second kappa shape index (κ2) is 7.29. The predicted molar refractivity (Wildman–Crippen MR) is 77.5 cm³/mol. The van der Waals surface area contributed by atoms with E-state index >= 15 is 0 Å². The molecule has 0 amide bonds. The molecule has 0 aliphatic carbocycles. The van der Waals surface area contributed by atoms with Crippen molar-refractivity contribution in [2.24, 2.45) is 4.99 Å². The van der Waals surface area contributed by atoms with Crippen LogP contribution in [0.3, 0.4) is 0 Å². The minimum atomic E-state index is -0.235. The van der Waals surface area contributed by atoms with Crippen molar-refractivity contribution in [3.63, 3.8) is 0 Å². The lowest BCUT2D eigenvalue weighted by molar-refractivity contribution is -0.147. The molecule has 2 rings (SSSR count). The Labute approximate surface area is 119 Å². The number of carbonyl (C=O) groups is 1. The molecule has 0 saturated carbocycles. The van der Waals surface area contributed by atoms with Gasteiger partial charge >= 0.3 is 5.97 Å². The molecule has 19 heavy (non-hydrogen) atoms. The number of fused-ring (bicyclic) bond motifs is 1. The molecule has 0 radical (unpaired) electrons. The molecular weight excluding hydrogens is 262 g/mol. The Bertz CT molecular complexity index is 346. The molecule has 0 bridgehead atoms. The molecule has 0 spiro atoms. The molecule has 1 fully saturated rings. The Hall–Kier alpha value is -0.550. The van der Waals surface area contributed by atoms with E-state index in [1.807, 2.05) is 0 Å². The van der Waals surface area contributed by atoms with E-state index in [0.29, 0.717) is 12.6 Å². The third-order valence-corrected chi connectivity index (χ3v) is 4.69. The average Bonchev–Trinajstić information content (AvgIpc) is 2.78. The van der Waals surface area contributed by atoms with Crippen LogP contribution in [-0.2, 0) is 14.3 Å². The van der Waals surface area contributed by atoms with Crippen molar-refractivity contribution in [1.29, 1.82) is 0 Å². The molecule has 108 valence electrons. The van der Waals surface area contributed by atoms with E-state index in [1.54, 1.807) is 11.8 Å². The zero-order valence-corrected chi connectivity index (χ0v) is 12.6. The predicted octanol–water partition coefficient (Wildman–Crippen LogP) is 3.15. The summed E-state index contributed by atoms with van der Waals surface area (Å²) < 4.78 is 11.0. The van der Waals surface area contributed by atoms with Crippen molar-refractivity contribution in [2.45, 2.75) is 70.0 Å². The van der Waals surface area contributed by atoms with Crippen LogP contribution < -0.4 is 0 Å². The third-order valence-electron chi connectivity index (χ3n) is 3.45. The van der Waals surface area contributed by atoms with E-state index in [1.165, 1.54) is 31.2 Å². The van der Waals surface area contributed by atoms with Crippen molar-refractivity contribution in [2.75, 3.05) is 6.61 Å². The van der Waals surface area contributed by atoms with Crippen LogP contribution >= 0.6 is 11.8 Å². The minimum Gasteiger partial charge on any atom is -0.463 e. The Balaban J connectivity index is 1.74. The van der Waals surface area contributed by atoms with E-state index < -0.39 is 0 Å². The molecule has 5 heteroatoms. The number of nitrogens with zero attached hydrogens (tertiary/aromatic N) is 1. The normalized spacial score (nSPS) is 29.8. The quantitative estimate of drug-likeness (QED) is 0.555. The number of carbonyl (C=O) groups excluding carboxylic acids is 1. The van der Waals surface area contributed by atoms with E-state index in [2.05, 4.69) is 6.92 Å². The summed E-state index contributed by atoms with van der Waals surface area (Å²) in [5, 5.41) is 1.25. The van der Waals surface area contributed by atoms with E-state index in [0.717, 1.165) is 19.3 Å². The highest BCUT2D eigenvalue weighted by atomic mass is 32.2. The Morgan fingerprint density at radius 3 is 3.05 bits per heavy atom. The first-order valence-corrected chi connectivity index (χ1v) is 8.09. The number of hydrogen-bond donors (Lipinski definition) is 0. The van der Waals surface area contributed by atoms with Crippen LogP contribution in [0.25, 0.3) is 0 Å². The fourth-order valence-electron chi connectivity index (χ4n) is 2.40. The molecule has 3 atom stereocenters. The van der Waals surface area contributed by atoms with Gasteiger partial charge in [-0.2, -0.15) is 0 Å². The molecule has 0 aromatic carbocycles. The summed E-state index contributed by atoms with van der Waals surface area (Å²) >= 11 is 1.77. The van der Waals surface area contributed by atoms with Gasteiger partial charge in [0.05, 0.1) is 17.2 Å². The molecule has 0 N–H and O–H groups in total. The van der Waals surface area contributed by atoms with Crippen LogP contribution in [0.4, 0.5) is 0 Å². The lowest BCUT2D eigenvalue weighted by Gasteiger charge is -2.30. The van der Waals surface area contributed by atoms with Crippen molar-refractivity contribution in [3.8, 4) is 0 Å². The van der Waals surface area contributed by atoms with Gasteiger partial charge < -0.3 is 9.47 Å². The maximum Gasteiger partial charge on any atom is 0.302 e. The SMILES string of the molecule is CCCCCC1=NC2CCC(COC(C)=O)OC2S1. The first-order valence-electron chi connectivity index (χ1n) is 7.21. The summed E-state index contributed by atoms with van der Waals surface area (Å²) in [6, 6.07) is 0.315. The fraction of sp³-hybridized carbons (Fsp3) is 0.857. The maximum atomic E-state index is 10.8. The lowest BCUT2D eigenvalue weighted by Crippen LogP contribution is -2.36. The second-order valence-corrected chi connectivity index (χ2v) is 6.34. The van der Waals surface area contributed by atoms with Gasteiger partial charge in [0.1, 0.15) is 12.0 Å². The van der Waals surface area contributed by atoms with Crippen LogP contribution in [0.2, 0.25) is 0 Å². The molecular formula is C14H23NO3S. The maximum absolute atomic E-state index is 10.8. The van der Waals surface area contributed by atoms with Gasteiger partial charge in [-0.05, 0) is 25.7 Å². The van der Waals surface area contributed by atoms with E-state index in [4.69, 9.17) is 14.5 Å². The van der Waals surface area contributed by atoms with Gasteiger partial charge in [0.25, 0.3) is 0 Å². The molecule has 2 heterocycles. The molecule has 2 aliphatic rings. The van der Waals surface area contributed by atoms with Gasteiger partial charge in [-0.15, -0.1) is 0 Å². The molecule has 2 aliphatic heterocycles. The monoisotopic (exact) mass is 285 g/mol. The lowest BCUT2D eigenvalue weighted by atomic mass is 10.1. The first-order chi connectivity index (χ1) is 9.19. The van der Waals surface area contributed by atoms with Crippen molar-refractivity contribution < 1.29 is 14.3 Å². The molecule has 0 aromatic rings. The average molecular weight is 285 g/mol. The number of unbranched alkanes of at least 4 members (excludes halogenated alkanes) is 2. The highest BCUT2D eigenvalue weighted by molar-refractivity contribution is 8.14. The summed E-state index contributed by atoms with van der Waals surface area (Å²) in [7, 11) is 0. The van der Waals surface area contributed by atoms with Crippen LogP contribution in [0, 0.1) is 0 Å². The van der Waals surface area contributed by atoms with Gasteiger partial charge in [0.2, 0.25) is 0 Å². The highest BCUT2D eigenvalue weighted by Gasteiger charge is 2.37. The topological polar surface area (TPSA) is 47.9 Å². The number of ether oxygens (including phenoxy) is 2. The fourth-order valence-corrected chi connectivity index (χ4v) is 3.70. The number of rotatable bonds is 6. The van der Waals surface area contributed by atoms with Crippen LogP contribution in [0.5, 0.6) is 0 Å². The summed E-state index contributed by atoms with van der Waals surface area (Å²) in [4.78, 5) is 15.6. The number of hydrogen-bond acceptors (Lipinski definition) is 5.